The van der Waals surface area contributed by atoms with E-state index in [0.717, 1.165) is 30.0 Å². The van der Waals surface area contributed by atoms with Gasteiger partial charge in [0.2, 0.25) is 5.91 Å². The topological polar surface area (TPSA) is 63.7 Å². The molecular formula is C20H25N3O3. The Morgan fingerprint density at radius 2 is 1.81 bits per heavy atom. The molecule has 26 heavy (non-hydrogen) atoms. The second-order valence-electron chi connectivity index (χ2n) is 6.36. The average molecular weight is 355 g/mol. The second kappa shape index (κ2) is 8.56. The van der Waals surface area contributed by atoms with Crippen LogP contribution in [-0.2, 0) is 17.8 Å². The van der Waals surface area contributed by atoms with Crippen molar-refractivity contribution in [3.8, 4) is 11.5 Å². The highest BCUT2D eigenvalue weighted by atomic mass is 16.5. The van der Waals surface area contributed by atoms with Gasteiger partial charge in [-0.3, -0.25) is 4.79 Å². The molecule has 1 saturated heterocycles. The van der Waals surface area contributed by atoms with Crippen LogP contribution in [0.2, 0.25) is 0 Å². The van der Waals surface area contributed by atoms with Crippen molar-refractivity contribution in [3.63, 3.8) is 0 Å². The molecule has 1 N–H and O–H groups in total. The SMILES string of the molecule is COc1ccc(CC(=O)NCc2ccc(N3CCCC3)nc2)cc1OC. The van der Waals surface area contributed by atoms with Crippen LogP contribution in [0.3, 0.4) is 0 Å². The summed E-state index contributed by atoms with van der Waals surface area (Å²) in [5, 5.41) is 2.94. The van der Waals surface area contributed by atoms with Crippen molar-refractivity contribution in [2.45, 2.75) is 25.8 Å². The van der Waals surface area contributed by atoms with E-state index < -0.39 is 0 Å². The first-order valence-electron chi connectivity index (χ1n) is 8.87. The molecule has 138 valence electrons. The zero-order valence-electron chi connectivity index (χ0n) is 15.3. The lowest BCUT2D eigenvalue weighted by Gasteiger charge is -2.16. The molecule has 2 aromatic rings. The molecule has 0 saturated carbocycles. The van der Waals surface area contributed by atoms with Gasteiger partial charge in [0.25, 0.3) is 0 Å². The number of ether oxygens (including phenoxy) is 2. The van der Waals surface area contributed by atoms with E-state index in [-0.39, 0.29) is 5.91 Å². The molecule has 6 heteroatoms. The van der Waals surface area contributed by atoms with Gasteiger partial charge in [0.1, 0.15) is 5.82 Å². The van der Waals surface area contributed by atoms with Crippen LogP contribution in [-0.4, -0.2) is 38.2 Å². The largest absolute Gasteiger partial charge is 0.493 e. The maximum Gasteiger partial charge on any atom is 0.224 e. The third-order valence-corrected chi connectivity index (χ3v) is 4.54. The number of pyridine rings is 1. The molecule has 0 bridgehead atoms. The Bertz CT molecular complexity index is 740. The van der Waals surface area contributed by atoms with Gasteiger partial charge in [0, 0.05) is 25.8 Å². The van der Waals surface area contributed by atoms with Crippen molar-refractivity contribution in [1.29, 1.82) is 0 Å². The summed E-state index contributed by atoms with van der Waals surface area (Å²) in [6.45, 7) is 2.63. The van der Waals surface area contributed by atoms with Gasteiger partial charge < -0.3 is 19.7 Å². The molecular weight excluding hydrogens is 330 g/mol. The van der Waals surface area contributed by atoms with Gasteiger partial charge in [0.15, 0.2) is 11.5 Å². The van der Waals surface area contributed by atoms with E-state index >= 15 is 0 Å². The third kappa shape index (κ3) is 4.45. The van der Waals surface area contributed by atoms with E-state index in [4.69, 9.17) is 9.47 Å². The lowest BCUT2D eigenvalue weighted by molar-refractivity contribution is -0.120. The molecule has 2 heterocycles. The number of rotatable bonds is 7. The molecule has 1 aromatic carbocycles. The number of aromatic nitrogens is 1. The number of benzene rings is 1. The number of carbonyl (C=O) groups excluding carboxylic acids is 1. The highest BCUT2D eigenvalue weighted by Crippen LogP contribution is 2.27. The van der Waals surface area contributed by atoms with E-state index in [9.17, 15) is 4.79 Å². The highest BCUT2D eigenvalue weighted by molar-refractivity contribution is 5.78. The Hall–Kier alpha value is -2.76. The van der Waals surface area contributed by atoms with Gasteiger partial charge in [0.05, 0.1) is 20.6 Å². The summed E-state index contributed by atoms with van der Waals surface area (Å²) in [4.78, 5) is 19.0. The minimum Gasteiger partial charge on any atom is -0.493 e. The monoisotopic (exact) mass is 355 g/mol. The van der Waals surface area contributed by atoms with Crippen molar-refractivity contribution < 1.29 is 14.3 Å². The Morgan fingerprint density at radius 3 is 2.46 bits per heavy atom. The minimum atomic E-state index is -0.0409. The van der Waals surface area contributed by atoms with Crippen molar-refractivity contribution in [2.24, 2.45) is 0 Å². The van der Waals surface area contributed by atoms with Crippen molar-refractivity contribution in [1.82, 2.24) is 10.3 Å². The van der Waals surface area contributed by atoms with E-state index in [1.165, 1.54) is 12.8 Å². The summed E-state index contributed by atoms with van der Waals surface area (Å²) < 4.78 is 10.5. The van der Waals surface area contributed by atoms with Gasteiger partial charge in [-0.05, 0) is 42.2 Å². The standard InChI is InChI=1S/C20H25N3O3/c1-25-17-7-5-15(11-18(17)26-2)12-20(24)22-14-16-6-8-19(21-13-16)23-9-3-4-10-23/h5-8,11,13H,3-4,9-10,12,14H2,1-2H3,(H,22,24). The molecule has 0 radical (unpaired) electrons. The summed E-state index contributed by atoms with van der Waals surface area (Å²) in [6.07, 6.45) is 4.59. The van der Waals surface area contributed by atoms with Gasteiger partial charge in [-0.1, -0.05) is 12.1 Å². The van der Waals surface area contributed by atoms with Crippen LogP contribution >= 0.6 is 0 Å². The molecule has 1 aromatic heterocycles. The van der Waals surface area contributed by atoms with E-state index in [1.807, 2.05) is 36.5 Å². The Balaban J connectivity index is 1.52. The number of hydrogen-bond donors (Lipinski definition) is 1. The first-order valence-corrected chi connectivity index (χ1v) is 8.87. The van der Waals surface area contributed by atoms with E-state index in [1.54, 1.807) is 14.2 Å². The van der Waals surface area contributed by atoms with Crippen LogP contribution in [0.25, 0.3) is 0 Å². The quantitative estimate of drug-likeness (QED) is 0.827. The number of hydrogen-bond acceptors (Lipinski definition) is 5. The molecule has 0 atom stereocenters. The highest BCUT2D eigenvalue weighted by Gasteiger charge is 2.13. The summed E-state index contributed by atoms with van der Waals surface area (Å²) in [6, 6.07) is 9.55. The average Bonchev–Trinajstić information content (AvgIpc) is 3.21. The minimum absolute atomic E-state index is 0.0409. The number of amides is 1. The van der Waals surface area contributed by atoms with Crippen LogP contribution < -0.4 is 19.7 Å². The first kappa shape index (κ1) is 18.0. The fourth-order valence-electron chi connectivity index (χ4n) is 3.09. The molecule has 1 aliphatic heterocycles. The lowest BCUT2D eigenvalue weighted by atomic mass is 10.1. The Morgan fingerprint density at radius 1 is 1.08 bits per heavy atom. The maximum atomic E-state index is 12.2. The first-order chi connectivity index (χ1) is 12.7. The van der Waals surface area contributed by atoms with Crippen LogP contribution in [0, 0.1) is 0 Å². The number of methoxy groups -OCH3 is 2. The van der Waals surface area contributed by atoms with E-state index in [2.05, 4.69) is 15.2 Å². The lowest BCUT2D eigenvalue weighted by Crippen LogP contribution is -2.25. The summed E-state index contributed by atoms with van der Waals surface area (Å²) in [7, 11) is 3.17. The smallest absolute Gasteiger partial charge is 0.224 e. The van der Waals surface area contributed by atoms with Crippen LogP contribution in [0.15, 0.2) is 36.5 Å². The molecule has 0 spiro atoms. The number of carbonyl (C=O) groups is 1. The molecule has 1 fully saturated rings. The maximum absolute atomic E-state index is 12.2. The number of nitrogens with one attached hydrogen (secondary N) is 1. The number of anilines is 1. The van der Waals surface area contributed by atoms with E-state index in [0.29, 0.717) is 24.5 Å². The fourth-order valence-corrected chi connectivity index (χ4v) is 3.09. The molecule has 1 amide bonds. The Kier molecular flexibility index (Phi) is 5.94. The van der Waals surface area contributed by atoms with Crippen LogP contribution in [0.1, 0.15) is 24.0 Å². The zero-order valence-corrected chi connectivity index (χ0v) is 15.3. The molecule has 1 aliphatic rings. The van der Waals surface area contributed by atoms with Crippen molar-refractivity contribution >= 4 is 11.7 Å². The van der Waals surface area contributed by atoms with Gasteiger partial charge in [-0.15, -0.1) is 0 Å². The summed E-state index contributed by atoms with van der Waals surface area (Å²) in [5.41, 5.74) is 1.87. The fraction of sp³-hybridized carbons (Fsp3) is 0.400. The van der Waals surface area contributed by atoms with Gasteiger partial charge >= 0.3 is 0 Å². The van der Waals surface area contributed by atoms with Crippen LogP contribution in [0.4, 0.5) is 5.82 Å². The molecule has 0 aliphatic carbocycles. The summed E-state index contributed by atoms with van der Waals surface area (Å²) in [5.74, 6) is 2.25. The third-order valence-electron chi connectivity index (χ3n) is 4.54. The molecule has 6 nitrogen and oxygen atoms in total. The Labute approximate surface area is 154 Å². The van der Waals surface area contributed by atoms with Crippen LogP contribution in [0.5, 0.6) is 11.5 Å². The molecule has 0 unspecified atom stereocenters. The van der Waals surface area contributed by atoms with Crippen molar-refractivity contribution in [3.05, 3.63) is 47.7 Å². The zero-order chi connectivity index (χ0) is 18.4. The normalized spacial score (nSPS) is 13.5. The summed E-state index contributed by atoms with van der Waals surface area (Å²) >= 11 is 0. The molecule has 3 rings (SSSR count). The van der Waals surface area contributed by atoms with Gasteiger partial charge in [-0.25, -0.2) is 4.98 Å². The second-order valence-corrected chi connectivity index (χ2v) is 6.36. The van der Waals surface area contributed by atoms with Gasteiger partial charge in [-0.2, -0.15) is 0 Å². The number of nitrogens with zero attached hydrogens (tertiary/aromatic N) is 2. The van der Waals surface area contributed by atoms with Crippen molar-refractivity contribution in [2.75, 3.05) is 32.2 Å². The predicted octanol–water partition coefficient (Wildman–Crippen LogP) is 2.56. The predicted molar refractivity (Wildman–Crippen MR) is 101 cm³/mol.